The predicted octanol–water partition coefficient (Wildman–Crippen LogP) is 3.98. The normalized spacial score (nSPS) is 12.0. The van der Waals surface area contributed by atoms with Gasteiger partial charge in [-0.2, -0.15) is 0 Å². The largest absolute Gasteiger partial charge is 0.368 e. The molecule has 0 aliphatic heterocycles. The number of benzene rings is 2. The molecule has 0 aliphatic rings. The summed E-state index contributed by atoms with van der Waals surface area (Å²) in [4.78, 5) is 30.5. The van der Waals surface area contributed by atoms with Crippen molar-refractivity contribution in [2.75, 3.05) is 0 Å². The van der Waals surface area contributed by atoms with Crippen molar-refractivity contribution in [3.63, 3.8) is 0 Å². The van der Waals surface area contributed by atoms with Gasteiger partial charge in [0.1, 0.15) is 11.0 Å². The van der Waals surface area contributed by atoms with E-state index in [-0.39, 0.29) is 5.91 Å². The standard InChI is InChI=1S/C20H15N3O2S2/c21-18(24)17(12-6-2-1-3-7-12)23-19(25)15-10-11-16(26-15)20-22-13-8-4-5-9-14(13)27-20/h1-11,17H,(H2,21,24)(H,23,25). The molecule has 2 aromatic carbocycles. The molecule has 4 rings (SSSR count). The molecule has 3 N–H and O–H groups in total. The number of carbonyl (C=O) groups excluding carboxylic acids is 2. The molecule has 0 saturated carbocycles. The summed E-state index contributed by atoms with van der Waals surface area (Å²) in [7, 11) is 0. The topological polar surface area (TPSA) is 85.1 Å². The van der Waals surface area contributed by atoms with E-state index in [0.29, 0.717) is 10.4 Å². The Labute approximate surface area is 163 Å². The zero-order valence-corrected chi connectivity index (χ0v) is 15.7. The first kappa shape index (κ1) is 17.4. The summed E-state index contributed by atoms with van der Waals surface area (Å²) in [5, 5.41) is 3.59. The number of nitrogens with one attached hydrogen (secondary N) is 1. The van der Waals surface area contributed by atoms with E-state index >= 15 is 0 Å². The van der Waals surface area contributed by atoms with E-state index in [1.807, 2.05) is 36.4 Å². The maximum Gasteiger partial charge on any atom is 0.262 e. The van der Waals surface area contributed by atoms with Crippen LogP contribution in [0.5, 0.6) is 0 Å². The molecular weight excluding hydrogens is 378 g/mol. The number of aromatic nitrogens is 1. The lowest BCUT2D eigenvalue weighted by Crippen LogP contribution is -2.37. The number of hydrogen-bond acceptors (Lipinski definition) is 5. The zero-order chi connectivity index (χ0) is 18.8. The third kappa shape index (κ3) is 3.60. The predicted molar refractivity (Wildman–Crippen MR) is 109 cm³/mol. The molecule has 134 valence electrons. The Morgan fingerprint density at radius 1 is 0.926 bits per heavy atom. The fraction of sp³-hybridized carbons (Fsp3) is 0.0500. The summed E-state index contributed by atoms with van der Waals surface area (Å²) >= 11 is 2.93. The minimum atomic E-state index is -0.869. The first-order valence-corrected chi connectivity index (χ1v) is 9.86. The average molecular weight is 393 g/mol. The molecule has 7 heteroatoms. The quantitative estimate of drug-likeness (QED) is 0.538. The Hall–Kier alpha value is -3.03. The highest BCUT2D eigenvalue weighted by Gasteiger charge is 2.22. The van der Waals surface area contributed by atoms with E-state index in [9.17, 15) is 9.59 Å². The molecule has 0 spiro atoms. The van der Waals surface area contributed by atoms with E-state index < -0.39 is 11.9 Å². The number of amides is 2. The number of rotatable bonds is 5. The number of nitrogens with zero attached hydrogens (tertiary/aromatic N) is 1. The lowest BCUT2D eigenvalue weighted by atomic mass is 10.1. The molecular formula is C20H15N3O2S2. The number of nitrogens with two attached hydrogens (primary N) is 1. The van der Waals surface area contributed by atoms with E-state index in [1.165, 1.54) is 11.3 Å². The van der Waals surface area contributed by atoms with Crippen LogP contribution >= 0.6 is 22.7 Å². The van der Waals surface area contributed by atoms with E-state index in [1.54, 1.807) is 41.7 Å². The molecule has 0 radical (unpaired) electrons. The van der Waals surface area contributed by atoms with Crippen molar-refractivity contribution in [2.24, 2.45) is 5.73 Å². The lowest BCUT2D eigenvalue weighted by molar-refractivity contribution is -0.120. The molecule has 2 heterocycles. The van der Waals surface area contributed by atoms with Gasteiger partial charge in [0.25, 0.3) is 5.91 Å². The molecule has 27 heavy (non-hydrogen) atoms. The maximum absolute atomic E-state index is 12.6. The van der Waals surface area contributed by atoms with E-state index in [2.05, 4.69) is 10.3 Å². The first-order chi connectivity index (χ1) is 13.1. The van der Waals surface area contributed by atoms with Crippen molar-refractivity contribution < 1.29 is 9.59 Å². The summed E-state index contributed by atoms with van der Waals surface area (Å²) in [6, 6.07) is 19.6. The van der Waals surface area contributed by atoms with E-state index in [4.69, 9.17) is 5.73 Å². The third-order valence-corrected chi connectivity index (χ3v) is 6.32. The van der Waals surface area contributed by atoms with Crippen molar-refractivity contribution in [2.45, 2.75) is 6.04 Å². The Morgan fingerprint density at radius 3 is 2.41 bits per heavy atom. The Balaban J connectivity index is 1.57. The fourth-order valence-corrected chi connectivity index (χ4v) is 4.65. The van der Waals surface area contributed by atoms with Crippen LogP contribution in [0.25, 0.3) is 20.1 Å². The monoisotopic (exact) mass is 393 g/mol. The van der Waals surface area contributed by atoms with Gasteiger partial charge < -0.3 is 11.1 Å². The van der Waals surface area contributed by atoms with Crippen LogP contribution in [0.3, 0.4) is 0 Å². The Morgan fingerprint density at radius 2 is 1.67 bits per heavy atom. The van der Waals surface area contributed by atoms with Crippen LogP contribution in [0.4, 0.5) is 0 Å². The second kappa shape index (κ2) is 7.30. The Bertz CT molecular complexity index is 1090. The zero-order valence-electron chi connectivity index (χ0n) is 14.1. The van der Waals surface area contributed by atoms with Crippen LogP contribution in [0.15, 0.2) is 66.7 Å². The Kier molecular flexibility index (Phi) is 4.70. The molecule has 1 atom stereocenters. The van der Waals surface area contributed by atoms with Crippen molar-refractivity contribution in [1.82, 2.24) is 10.3 Å². The van der Waals surface area contributed by atoms with Gasteiger partial charge in [0.2, 0.25) is 5.91 Å². The highest BCUT2D eigenvalue weighted by molar-refractivity contribution is 7.26. The van der Waals surface area contributed by atoms with Crippen LogP contribution in [0.1, 0.15) is 21.3 Å². The van der Waals surface area contributed by atoms with Gasteiger partial charge in [-0.15, -0.1) is 22.7 Å². The second-order valence-electron chi connectivity index (χ2n) is 5.87. The van der Waals surface area contributed by atoms with Crippen molar-refractivity contribution in [3.8, 4) is 9.88 Å². The van der Waals surface area contributed by atoms with Crippen LogP contribution in [-0.4, -0.2) is 16.8 Å². The molecule has 0 bridgehead atoms. The average Bonchev–Trinajstić information content (AvgIpc) is 3.33. The van der Waals surface area contributed by atoms with Crippen molar-refractivity contribution in [3.05, 3.63) is 77.2 Å². The van der Waals surface area contributed by atoms with Crippen molar-refractivity contribution >= 4 is 44.7 Å². The summed E-state index contributed by atoms with van der Waals surface area (Å²) in [5.74, 6) is -0.933. The van der Waals surface area contributed by atoms with Crippen LogP contribution in [-0.2, 0) is 4.79 Å². The number of thiophene rings is 1. The number of para-hydroxylation sites is 1. The van der Waals surface area contributed by atoms with Crippen LogP contribution in [0.2, 0.25) is 0 Å². The number of primary amides is 1. The smallest absolute Gasteiger partial charge is 0.262 e. The fourth-order valence-electron chi connectivity index (χ4n) is 2.72. The number of thiazole rings is 1. The SMILES string of the molecule is NC(=O)C(NC(=O)c1ccc(-c2nc3ccccc3s2)s1)c1ccccc1. The maximum atomic E-state index is 12.6. The summed E-state index contributed by atoms with van der Waals surface area (Å²) in [6.07, 6.45) is 0. The van der Waals surface area contributed by atoms with E-state index in [0.717, 1.165) is 20.1 Å². The second-order valence-corrected chi connectivity index (χ2v) is 7.98. The molecule has 4 aromatic rings. The van der Waals surface area contributed by atoms with Crippen LogP contribution in [0, 0.1) is 0 Å². The van der Waals surface area contributed by atoms with Gasteiger partial charge in [-0.1, -0.05) is 42.5 Å². The summed E-state index contributed by atoms with van der Waals surface area (Å²) < 4.78 is 1.10. The van der Waals surface area contributed by atoms with Gasteiger partial charge in [0, 0.05) is 0 Å². The molecule has 1 unspecified atom stereocenters. The molecule has 2 amide bonds. The van der Waals surface area contributed by atoms with Gasteiger partial charge in [0.15, 0.2) is 0 Å². The number of hydrogen-bond donors (Lipinski definition) is 2. The molecule has 0 aliphatic carbocycles. The van der Waals surface area contributed by atoms with Gasteiger partial charge >= 0.3 is 0 Å². The number of fused-ring (bicyclic) bond motifs is 1. The van der Waals surface area contributed by atoms with Gasteiger partial charge in [0.05, 0.1) is 20.0 Å². The minimum Gasteiger partial charge on any atom is -0.368 e. The molecule has 0 saturated heterocycles. The van der Waals surface area contributed by atoms with Crippen molar-refractivity contribution in [1.29, 1.82) is 0 Å². The minimum absolute atomic E-state index is 0.333. The lowest BCUT2D eigenvalue weighted by Gasteiger charge is -2.15. The molecule has 5 nitrogen and oxygen atoms in total. The van der Waals surface area contributed by atoms with Crippen LogP contribution < -0.4 is 11.1 Å². The van der Waals surface area contributed by atoms with Gasteiger partial charge in [-0.25, -0.2) is 4.98 Å². The third-order valence-electron chi connectivity index (χ3n) is 4.03. The first-order valence-electron chi connectivity index (χ1n) is 8.23. The summed E-state index contributed by atoms with van der Waals surface area (Å²) in [5.41, 5.74) is 7.07. The highest BCUT2D eigenvalue weighted by Crippen LogP contribution is 2.34. The molecule has 0 fully saturated rings. The van der Waals surface area contributed by atoms with Gasteiger partial charge in [-0.3, -0.25) is 9.59 Å². The highest BCUT2D eigenvalue weighted by atomic mass is 32.1. The summed E-state index contributed by atoms with van der Waals surface area (Å²) in [6.45, 7) is 0. The molecule has 2 aromatic heterocycles. The van der Waals surface area contributed by atoms with Gasteiger partial charge in [-0.05, 0) is 29.8 Å². The number of carbonyl (C=O) groups is 2.